The molecule has 11 heavy (non-hydrogen) atoms. The van der Waals surface area contributed by atoms with Crippen molar-refractivity contribution in [1.82, 2.24) is 0 Å². The fourth-order valence-corrected chi connectivity index (χ4v) is 3.54. The maximum Gasteiger partial charge on any atom is 0.223 e. The van der Waals surface area contributed by atoms with Crippen LogP contribution in [0.4, 0.5) is 0 Å². The predicted octanol–water partition coefficient (Wildman–Crippen LogP) is 3.84. The molecule has 0 radical (unpaired) electrons. The van der Waals surface area contributed by atoms with Crippen molar-refractivity contribution in [1.29, 1.82) is 0 Å². The van der Waals surface area contributed by atoms with Crippen molar-refractivity contribution in [2.45, 2.75) is 4.90 Å². The van der Waals surface area contributed by atoms with Crippen molar-refractivity contribution in [2.24, 2.45) is 0 Å². The Hall–Kier alpha value is 0.0900. The summed E-state index contributed by atoms with van der Waals surface area (Å²) in [5, 5.41) is 0. The summed E-state index contributed by atoms with van der Waals surface area (Å²) in [6.45, 7) is 1.55. The summed E-state index contributed by atoms with van der Waals surface area (Å²) >= 11 is 6.81. The molecule has 4 heteroatoms. The smallest absolute Gasteiger partial charge is 0.223 e. The van der Waals surface area contributed by atoms with Gasteiger partial charge in [0.2, 0.25) is 5.70 Å². The summed E-state index contributed by atoms with van der Waals surface area (Å²) in [6.07, 6.45) is 0. The summed E-state index contributed by atoms with van der Waals surface area (Å²) in [5.74, 6) is 0. The highest BCUT2D eigenvalue weighted by atomic mass is 35.7. The van der Waals surface area contributed by atoms with Gasteiger partial charge in [-0.3, -0.25) is 4.57 Å². The lowest BCUT2D eigenvalue weighted by atomic mass is 10.4. The van der Waals surface area contributed by atoms with Crippen LogP contribution in [0.15, 0.2) is 35.2 Å². The summed E-state index contributed by atoms with van der Waals surface area (Å²) in [6, 6.07) is 9.50. The molecule has 0 aliphatic heterocycles. The molecule has 0 aliphatic rings. The monoisotopic (exact) mass is 206 g/mol. The highest BCUT2D eigenvalue weighted by Crippen LogP contribution is 2.62. The van der Waals surface area contributed by atoms with Crippen molar-refractivity contribution in [3.8, 4) is 0 Å². The molecule has 60 valence electrons. The van der Waals surface area contributed by atoms with E-state index < -0.39 is 5.70 Å². The average Bonchev–Trinajstić information content (AvgIpc) is 1.85. The first-order valence-corrected chi connectivity index (χ1v) is 7.58. The fourth-order valence-electron chi connectivity index (χ4n) is 0.670. The van der Waals surface area contributed by atoms with Crippen molar-refractivity contribution < 1.29 is 4.57 Å². The van der Waals surface area contributed by atoms with Crippen LogP contribution in [0.5, 0.6) is 0 Å². The molecule has 0 saturated carbocycles. The first-order valence-electron chi connectivity index (χ1n) is 3.10. The van der Waals surface area contributed by atoms with E-state index in [0.29, 0.717) is 0 Å². The van der Waals surface area contributed by atoms with E-state index in [-0.39, 0.29) is 0 Å². The minimum atomic E-state index is -2.50. The second-order valence-electron chi connectivity index (χ2n) is 2.15. The van der Waals surface area contributed by atoms with Gasteiger partial charge >= 0.3 is 0 Å². The van der Waals surface area contributed by atoms with Crippen LogP contribution in [0.2, 0.25) is 0 Å². The minimum absolute atomic E-state index is 0.952. The Kier molecular flexibility index (Phi) is 3.06. The molecule has 1 aromatic carbocycles. The van der Waals surface area contributed by atoms with Crippen molar-refractivity contribution in [3.63, 3.8) is 0 Å². The molecule has 0 bridgehead atoms. The van der Waals surface area contributed by atoms with Crippen LogP contribution in [0, 0.1) is 0 Å². The van der Waals surface area contributed by atoms with Gasteiger partial charge in [0.05, 0.1) is 0 Å². The summed E-state index contributed by atoms with van der Waals surface area (Å²) < 4.78 is 11.1. The van der Waals surface area contributed by atoms with Crippen molar-refractivity contribution >= 4 is 28.3 Å². The van der Waals surface area contributed by atoms with Gasteiger partial charge in [0.15, 0.2) is 0 Å². The third kappa shape index (κ3) is 3.85. The van der Waals surface area contributed by atoms with Gasteiger partial charge in [-0.25, -0.2) is 0 Å². The number of halogens is 1. The van der Waals surface area contributed by atoms with Crippen LogP contribution in [0.25, 0.3) is 0 Å². The Morgan fingerprint density at radius 1 is 1.36 bits per heavy atom. The largest absolute Gasteiger partial charge is 0.295 e. The molecular weight excluding hydrogens is 199 g/mol. The molecule has 0 fully saturated rings. The van der Waals surface area contributed by atoms with Crippen LogP contribution >= 0.6 is 28.3 Å². The molecular formula is C7H8ClOPS. The zero-order chi connectivity index (χ0) is 8.32. The Bertz CT molecular complexity index is 269. The van der Waals surface area contributed by atoms with E-state index in [1.54, 1.807) is 6.66 Å². The predicted molar refractivity (Wildman–Crippen MR) is 51.7 cm³/mol. The molecule has 1 unspecified atom stereocenters. The summed E-state index contributed by atoms with van der Waals surface area (Å²) in [7, 11) is 0. The van der Waals surface area contributed by atoms with Crippen molar-refractivity contribution in [3.05, 3.63) is 30.3 Å². The lowest BCUT2D eigenvalue weighted by molar-refractivity contribution is 0.596. The van der Waals surface area contributed by atoms with E-state index in [4.69, 9.17) is 11.2 Å². The van der Waals surface area contributed by atoms with E-state index >= 15 is 0 Å². The van der Waals surface area contributed by atoms with Crippen LogP contribution < -0.4 is 0 Å². The number of hydrogen-bond acceptors (Lipinski definition) is 2. The van der Waals surface area contributed by atoms with Crippen LogP contribution in [0.3, 0.4) is 0 Å². The second kappa shape index (κ2) is 3.66. The minimum Gasteiger partial charge on any atom is -0.295 e. The maximum absolute atomic E-state index is 11.1. The highest BCUT2D eigenvalue weighted by Gasteiger charge is 2.11. The van der Waals surface area contributed by atoms with Gasteiger partial charge in [0.25, 0.3) is 0 Å². The molecule has 1 nitrogen and oxygen atoms in total. The quantitative estimate of drug-likeness (QED) is 0.684. The molecule has 0 aromatic heterocycles. The standard InChI is InChI=1S/C7H8ClOPS/c1-10(8,9)11-7-5-3-2-4-6-7/h2-6H,1H3. The Labute approximate surface area is 75.1 Å². The molecule has 0 saturated heterocycles. The van der Waals surface area contributed by atoms with E-state index in [2.05, 4.69) is 0 Å². The number of rotatable bonds is 2. The zero-order valence-corrected chi connectivity index (χ0v) is 8.50. The van der Waals surface area contributed by atoms with Crippen LogP contribution in [0.1, 0.15) is 0 Å². The first-order chi connectivity index (χ1) is 5.08. The molecule has 0 aliphatic carbocycles. The van der Waals surface area contributed by atoms with E-state index in [0.717, 1.165) is 4.90 Å². The van der Waals surface area contributed by atoms with E-state index in [9.17, 15) is 4.57 Å². The van der Waals surface area contributed by atoms with Crippen LogP contribution in [-0.2, 0) is 4.57 Å². The lowest BCUT2D eigenvalue weighted by Crippen LogP contribution is -1.65. The van der Waals surface area contributed by atoms with Gasteiger partial charge in [-0.2, -0.15) is 0 Å². The van der Waals surface area contributed by atoms with Gasteiger partial charge < -0.3 is 0 Å². The average molecular weight is 207 g/mol. The zero-order valence-electron chi connectivity index (χ0n) is 6.03. The van der Waals surface area contributed by atoms with Crippen molar-refractivity contribution in [2.75, 3.05) is 6.66 Å². The first kappa shape index (κ1) is 9.18. The third-order valence-corrected chi connectivity index (χ3v) is 4.05. The molecule has 1 aromatic rings. The van der Waals surface area contributed by atoms with E-state index in [1.165, 1.54) is 11.4 Å². The normalized spacial score (nSPS) is 15.8. The lowest BCUT2D eigenvalue weighted by Gasteiger charge is -2.01. The highest BCUT2D eigenvalue weighted by molar-refractivity contribution is 8.65. The number of benzene rings is 1. The van der Waals surface area contributed by atoms with Gasteiger partial charge in [0, 0.05) is 11.6 Å². The van der Waals surface area contributed by atoms with E-state index in [1.807, 2.05) is 30.3 Å². The van der Waals surface area contributed by atoms with Gasteiger partial charge in [-0.05, 0) is 34.8 Å². The Balaban J connectivity index is 2.74. The molecule has 0 spiro atoms. The van der Waals surface area contributed by atoms with Gasteiger partial charge in [-0.1, -0.05) is 18.2 Å². The topological polar surface area (TPSA) is 17.1 Å². The third-order valence-electron chi connectivity index (χ3n) is 1.01. The number of hydrogen-bond donors (Lipinski definition) is 0. The van der Waals surface area contributed by atoms with Gasteiger partial charge in [0.1, 0.15) is 0 Å². The molecule has 0 N–H and O–H groups in total. The molecule has 0 amide bonds. The molecule has 1 atom stereocenters. The maximum atomic E-state index is 11.1. The summed E-state index contributed by atoms with van der Waals surface area (Å²) in [5.41, 5.74) is -2.50. The van der Waals surface area contributed by atoms with Gasteiger partial charge in [-0.15, -0.1) is 0 Å². The summed E-state index contributed by atoms with van der Waals surface area (Å²) in [4.78, 5) is 0.952. The molecule has 1 rings (SSSR count). The SMILES string of the molecule is CP(=O)(Cl)Sc1ccccc1. The molecule has 0 heterocycles. The van der Waals surface area contributed by atoms with Crippen LogP contribution in [-0.4, -0.2) is 6.66 Å². The Morgan fingerprint density at radius 3 is 2.36 bits per heavy atom. The fraction of sp³-hybridized carbons (Fsp3) is 0.143. The second-order valence-corrected chi connectivity index (χ2v) is 9.47. The Morgan fingerprint density at radius 2 is 1.91 bits per heavy atom.